The van der Waals surface area contributed by atoms with E-state index in [1.807, 2.05) is 18.5 Å². The number of rotatable bonds is 2. The molecule has 0 saturated carbocycles. The van der Waals surface area contributed by atoms with Crippen LogP contribution in [0.3, 0.4) is 0 Å². The van der Waals surface area contributed by atoms with E-state index in [2.05, 4.69) is 25.3 Å². The zero-order valence-electron chi connectivity index (χ0n) is 8.49. The second-order valence-corrected chi connectivity index (χ2v) is 4.31. The minimum Gasteiger partial charge on any atom is -0.394 e. The Morgan fingerprint density at radius 3 is 2.54 bits per heavy atom. The van der Waals surface area contributed by atoms with Crippen LogP contribution >= 0.6 is 0 Å². The van der Waals surface area contributed by atoms with Crippen LogP contribution in [0, 0.1) is 0 Å². The Bertz CT molecular complexity index is 273. The Hall–Kier alpha value is -0.800. The maximum absolute atomic E-state index is 8.87. The van der Waals surface area contributed by atoms with Crippen molar-refractivity contribution in [2.45, 2.75) is 32.4 Å². The zero-order valence-corrected chi connectivity index (χ0v) is 8.49. The number of nitrogens with zero attached hydrogens (tertiary/aromatic N) is 1. The first-order valence-corrected chi connectivity index (χ1v) is 4.50. The average Bonchev–Trinajstić information content (AvgIpc) is 2.50. The van der Waals surface area contributed by atoms with E-state index in [0.717, 1.165) is 5.56 Å². The van der Waals surface area contributed by atoms with Crippen molar-refractivity contribution < 1.29 is 5.11 Å². The van der Waals surface area contributed by atoms with Crippen LogP contribution in [0.15, 0.2) is 18.5 Å². The number of hydrogen-bond acceptors (Lipinski definition) is 2. The van der Waals surface area contributed by atoms with Gasteiger partial charge in [0.15, 0.2) is 0 Å². The SMILES string of the molecule is CC(C)(C)n1ccc([C@H](N)CO)c1. The van der Waals surface area contributed by atoms with Gasteiger partial charge in [-0.25, -0.2) is 0 Å². The van der Waals surface area contributed by atoms with Crippen LogP contribution in [0.5, 0.6) is 0 Å². The molecule has 1 heterocycles. The summed E-state index contributed by atoms with van der Waals surface area (Å²) in [5.74, 6) is 0. The van der Waals surface area contributed by atoms with E-state index in [-0.39, 0.29) is 18.2 Å². The molecule has 0 amide bonds. The molecular formula is C10H18N2O. The molecule has 3 heteroatoms. The number of aromatic nitrogens is 1. The highest BCUT2D eigenvalue weighted by Crippen LogP contribution is 2.18. The van der Waals surface area contributed by atoms with Gasteiger partial charge in [0.1, 0.15) is 0 Å². The second-order valence-electron chi connectivity index (χ2n) is 4.31. The summed E-state index contributed by atoms with van der Waals surface area (Å²) < 4.78 is 2.10. The molecule has 74 valence electrons. The molecule has 3 nitrogen and oxygen atoms in total. The van der Waals surface area contributed by atoms with Crippen molar-refractivity contribution in [3.8, 4) is 0 Å². The van der Waals surface area contributed by atoms with Crippen LogP contribution in [0.25, 0.3) is 0 Å². The highest BCUT2D eigenvalue weighted by Gasteiger charge is 2.14. The van der Waals surface area contributed by atoms with E-state index in [9.17, 15) is 0 Å². The number of aliphatic hydroxyl groups is 1. The Morgan fingerprint density at radius 1 is 1.54 bits per heavy atom. The fourth-order valence-corrected chi connectivity index (χ4v) is 1.16. The Morgan fingerprint density at radius 2 is 2.15 bits per heavy atom. The molecule has 1 rings (SSSR count). The normalized spacial score (nSPS) is 14.5. The maximum Gasteiger partial charge on any atom is 0.0624 e. The van der Waals surface area contributed by atoms with Crippen LogP contribution in [-0.4, -0.2) is 16.3 Å². The molecule has 0 saturated heterocycles. The van der Waals surface area contributed by atoms with E-state index < -0.39 is 0 Å². The summed E-state index contributed by atoms with van der Waals surface area (Å²) in [7, 11) is 0. The lowest BCUT2D eigenvalue weighted by Gasteiger charge is -2.21. The van der Waals surface area contributed by atoms with Crippen molar-refractivity contribution in [3.63, 3.8) is 0 Å². The summed E-state index contributed by atoms with van der Waals surface area (Å²) in [4.78, 5) is 0. The zero-order chi connectivity index (χ0) is 10.1. The van der Waals surface area contributed by atoms with Gasteiger partial charge in [-0.15, -0.1) is 0 Å². The molecule has 1 aromatic heterocycles. The molecule has 0 aromatic carbocycles. The first-order chi connectivity index (χ1) is 5.95. The molecule has 0 aliphatic heterocycles. The number of aliphatic hydroxyl groups excluding tert-OH is 1. The standard InChI is InChI=1S/C10H18N2O/c1-10(2,3)12-5-4-8(6-12)9(11)7-13/h4-6,9,13H,7,11H2,1-3H3/t9-/m1/s1. The first kappa shape index (κ1) is 10.3. The van der Waals surface area contributed by atoms with Gasteiger partial charge in [0, 0.05) is 17.9 Å². The fraction of sp³-hybridized carbons (Fsp3) is 0.600. The largest absolute Gasteiger partial charge is 0.394 e. The molecule has 3 N–H and O–H groups in total. The summed E-state index contributed by atoms with van der Waals surface area (Å²) in [5.41, 5.74) is 6.75. The lowest BCUT2D eigenvalue weighted by atomic mass is 10.1. The second kappa shape index (κ2) is 3.52. The van der Waals surface area contributed by atoms with Crippen molar-refractivity contribution in [1.29, 1.82) is 0 Å². The summed E-state index contributed by atoms with van der Waals surface area (Å²) in [6.45, 7) is 6.37. The first-order valence-electron chi connectivity index (χ1n) is 4.50. The van der Waals surface area contributed by atoms with Gasteiger partial charge in [0.05, 0.1) is 12.6 Å². The third-order valence-electron chi connectivity index (χ3n) is 2.12. The maximum atomic E-state index is 8.87. The van der Waals surface area contributed by atoms with Crippen LogP contribution in [0.4, 0.5) is 0 Å². The lowest BCUT2D eigenvalue weighted by molar-refractivity contribution is 0.267. The minimum atomic E-state index is -0.261. The molecule has 1 aromatic rings. The highest BCUT2D eigenvalue weighted by molar-refractivity contribution is 5.16. The summed E-state index contributed by atoms with van der Waals surface area (Å²) in [6.07, 6.45) is 3.98. The Balaban J connectivity index is 2.87. The summed E-state index contributed by atoms with van der Waals surface area (Å²) in [6, 6.07) is 1.69. The lowest BCUT2D eigenvalue weighted by Crippen LogP contribution is -2.20. The van der Waals surface area contributed by atoms with Crippen molar-refractivity contribution in [1.82, 2.24) is 4.57 Å². The van der Waals surface area contributed by atoms with Gasteiger partial charge in [-0.2, -0.15) is 0 Å². The fourth-order valence-electron chi connectivity index (χ4n) is 1.16. The van der Waals surface area contributed by atoms with Gasteiger partial charge < -0.3 is 15.4 Å². The predicted octanol–water partition coefficient (Wildman–Crippen LogP) is 1.24. The van der Waals surface area contributed by atoms with Gasteiger partial charge in [0.25, 0.3) is 0 Å². The monoisotopic (exact) mass is 182 g/mol. The van der Waals surface area contributed by atoms with Gasteiger partial charge in [-0.05, 0) is 32.4 Å². The molecule has 0 spiro atoms. The molecule has 13 heavy (non-hydrogen) atoms. The number of hydrogen-bond donors (Lipinski definition) is 2. The molecule has 0 radical (unpaired) electrons. The van der Waals surface area contributed by atoms with E-state index >= 15 is 0 Å². The molecule has 0 bridgehead atoms. The molecule has 0 unspecified atom stereocenters. The Kier molecular flexibility index (Phi) is 2.78. The average molecular weight is 182 g/mol. The van der Waals surface area contributed by atoms with Crippen molar-refractivity contribution >= 4 is 0 Å². The third-order valence-corrected chi connectivity index (χ3v) is 2.12. The molecule has 0 fully saturated rings. The molecule has 0 aliphatic rings. The van der Waals surface area contributed by atoms with Crippen LogP contribution in [0.2, 0.25) is 0 Å². The van der Waals surface area contributed by atoms with Crippen LogP contribution < -0.4 is 5.73 Å². The highest BCUT2D eigenvalue weighted by atomic mass is 16.3. The quantitative estimate of drug-likeness (QED) is 0.723. The minimum absolute atomic E-state index is 0.00580. The van der Waals surface area contributed by atoms with Gasteiger partial charge in [-0.3, -0.25) is 0 Å². The summed E-state index contributed by atoms with van der Waals surface area (Å²) in [5, 5.41) is 8.87. The van der Waals surface area contributed by atoms with E-state index in [1.165, 1.54) is 0 Å². The molecule has 0 aliphatic carbocycles. The van der Waals surface area contributed by atoms with Crippen molar-refractivity contribution in [2.24, 2.45) is 5.73 Å². The van der Waals surface area contributed by atoms with Gasteiger partial charge >= 0.3 is 0 Å². The molecular weight excluding hydrogens is 164 g/mol. The van der Waals surface area contributed by atoms with Gasteiger partial charge in [-0.1, -0.05) is 0 Å². The van der Waals surface area contributed by atoms with Crippen LogP contribution in [-0.2, 0) is 5.54 Å². The van der Waals surface area contributed by atoms with E-state index in [0.29, 0.717) is 0 Å². The van der Waals surface area contributed by atoms with Crippen molar-refractivity contribution in [2.75, 3.05) is 6.61 Å². The van der Waals surface area contributed by atoms with Crippen molar-refractivity contribution in [3.05, 3.63) is 24.0 Å². The predicted molar refractivity (Wildman–Crippen MR) is 53.4 cm³/mol. The van der Waals surface area contributed by atoms with E-state index in [1.54, 1.807) is 0 Å². The number of nitrogens with two attached hydrogens (primary N) is 1. The Labute approximate surface area is 79.2 Å². The van der Waals surface area contributed by atoms with Crippen LogP contribution in [0.1, 0.15) is 32.4 Å². The smallest absolute Gasteiger partial charge is 0.0624 e. The van der Waals surface area contributed by atoms with E-state index in [4.69, 9.17) is 10.8 Å². The third kappa shape index (κ3) is 2.32. The molecule has 1 atom stereocenters. The van der Waals surface area contributed by atoms with Gasteiger partial charge in [0.2, 0.25) is 0 Å². The topological polar surface area (TPSA) is 51.2 Å². The summed E-state index contributed by atoms with van der Waals surface area (Å²) >= 11 is 0.